The van der Waals surface area contributed by atoms with Gasteiger partial charge in [0.2, 0.25) is 0 Å². The molecular formula is C11H23NO. The molecule has 1 N–H and O–H groups in total. The number of aliphatic hydroxyl groups excluding tert-OH is 1. The lowest BCUT2D eigenvalue weighted by molar-refractivity contribution is 0.232. The van der Waals surface area contributed by atoms with Gasteiger partial charge in [0.25, 0.3) is 0 Å². The van der Waals surface area contributed by atoms with Crippen LogP contribution in [0.2, 0.25) is 0 Å². The largest absolute Gasteiger partial charge is 0.396 e. The minimum Gasteiger partial charge on any atom is -0.396 e. The molecule has 1 saturated carbocycles. The maximum absolute atomic E-state index is 8.69. The van der Waals surface area contributed by atoms with Gasteiger partial charge in [-0.15, -0.1) is 0 Å². The Hall–Kier alpha value is -0.0800. The summed E-state index contributed by atoms with van der Waals surface area (Å²) in [4.78, 5) is 2.61. The van der Waals surface area contributed by atoms with Crippen LogP contribution in [0.25, 0.3) is 0 Å². The summed E-state index contributed by atoms with van der Waals surface area (Å²) in [6.07, 6.45) is 7.57. The molecule has 0 unspecified atom stereocenters. The Morgan fingerprint density at radius 1 is 1.15 bits per heavy atom. The first-order valence-corrected chi connectivity index (χ1v) is 5.73. The SMILES string of the molecule is CCCCN(CCCCO)C1CC1. The summed E-state index contributed by atoms with van der Waals surface area (Å²) in [5, 5.41) is 8.69. The number of hydrogen-bond acceptors (Lipinski definition) is 2. The Bertz CT molecular complexity index is 123. The first-order valence-electron chi connectivity index (χ1n) is 5.73. The third-order valence-corrected chi connectivity index (χ3v) is 2.72. The van der Waals surface area contributed by atoms with E-state index in [-0.39, 0.29) is 0 Å². The fourth-order valence-electron chi connectivity index (χ4n) is 1.70. The van der Waals surface area contributed by atoms with Gasteiger partial charge in [-0.1, -0.05) is 13.3 Å². The molecule has 0 aromatic heterocycles. The molecule has 0 spiro atoms. The molecule has 1 fully saturated rings. The van der Waals surface area contributed by atoms with Crippen LogP contribution in [-0.2, 0) is 0 Å². The van der Waals surface area contributed by atoms with E-state index in [4.69, 9.17) is 5.11 Å². The quantitative estimate of drug-likeness (QED) is 0.585. The Kier molecular flexibility index (Phi) is 5.40. The fraction of sp³-hybridized carbons (Fsp3) is 1.00. The van der Waals surface area contributed by atoms with Crippen LogP contribution in [0.15, 0.2) is 0 Å². The van der Waals surface area contributed by atoms with Crippen LogP contribution >= 0.6 is 0 Å². The van der Waals surface area contributed by atoms with Crippen molar-refractivity contribution in [1.29, 1.82) is 0 Å². The van der Waals surface area contributed by atoms with Crippen molar-refractivity contribution in [2.45, 2.75) is 51.5 Å². The van der Waals surface area contributed by atoms with Crippen LogP contribution in [0.1, 0.15) is 45.4 Å². The van der Waals surface area contributed by atoms with E-state index in [0.29, 0.717) is 6.61 Å². The van der Waals surface area contributed by atoms with Crippen LogP contribution in [0.4, 0.5) is 0 Å². The normalized spacial score (nSPS) is 16.8. The van der Waals surface area contributed by atoms with E-state index in [9.17, 15) is 0 Å². The van der Waals surface area contributed by atoms with Gasteiger partial charge in [-0.2, -0.15) is 0 Å². The number of aliphatic hydroxyl groups is 1. The topological polar surface area (TPSA) is 23.5 Å². The highest BCUT2D eigenvalue weighted by Crippen LogP contribution is 2.27. The lowest BCUT2D eigenvalue weighted by Gasteiger charge is -2.21. The molecule has 1 aliphatic carbocycles. The zero-order chi connectivity index (χ0) is 9.52. The van der Waals surface area contributed by atoms with E-state index < -0.39 is 0 Å². The minimum atomic E-state index is 0.353. The van der Waals surface area contributed by atoms with E-state index in [1.807, 2.05) is 0 Å². The average molecular weight is 185 g/mol. The second-order valence-corrected chi connectivity index (χ2v) is 4.05. The third kappa shape index (κ3) is 4.63. The minimum absolute atomic E-state index is 0.353. The van der Waals surface area contributed by atoms with Gasteiger partial charge < -0.3 is 10.0 Å². The summed E-state index contributed by atoms with van der Waals surface area (Å²) in [7, 11) is 0. The molecule has 2 nitrogen and oxygen atoms in total. The van der Waals surface area contributed by atoms with E-state index in [2.05, 4.69) is 11.8 Å². The van der Waals surface area contributed by atoms with Gasteiger partial charge in [0.1, 0.15) is 0 Å². The fourth-order valence-corrected chi connectivity index (χ4v) is 1.70. The maximum atomic E-state index is 8.69. The smallest absolute Gasteiger partial charge is 0.0431 e. The summed E-state index contributed by atoms with van der Waals surface area (Å²) in [5.41, 5.74) is 0. The molecule has 0 radical (unpaired) electrons. The van der Waals surface area contributed by atoms with Crippen molar-refractivity contribution in [3.05, 3.63) is 0 Å². The number of hydrogen-bond donors (Lipinski definition) is 1. The lowest BCUT2D eigenvalue weighted by atomic mass is 10.2. The molecule has 0 aromatic rings. The van der Waals surface area contributed by atoms with E-state index in [1.165, 1.54) is 38.8 Å². The van der Waals surface area contributed by atoms with E-state index in [1.54, 1.807) is 0 Å². The van der Waals surface area contributed by atoms with Crippen molar-refractivity contribution in [3.63, 3.8) is 0 Å². The molecule has 0 atom stereocenters. The summed E-state index contributed by atoms with van der Waals surface area (Å²) in [6, 6.07) is 0.894. The molecule has 0 bridgehead atoms. The van der Waals surface area contributed by atoms with Gasteiger partial charge in [-0.25, -0.2) is 0 Å². The Morgan fingerprint density at radius 2 is 1.85 bits per heavy atom. The standard InChI is InChI=1S/C11H23NO/c1-2-3-8-12(11-6-7-11)9-4-5-10-13/h11,13H,2-10H2,1H3. The predicted octanol–water partition coefficient (Wildman–Crippen LogP) is 2.02. The van der Waals surface area contributed by atoms with Gasteiger partial charge in [0.05, 0.1) is 0 Å². The summed E-state index contributed by atoms with van der Waals surface area (Å²) in [6.45, 7) is 5.07. The molecule has 0 aromatic carbocycles. The predicted molar refractivity (Wildman–Crippen MR) is 55.8 cm³/mol. The molecule has 1 aliphatic rings. The summed E-state index contributed by atoms with van der Waals surface area (Å²) < 4.78 is 0. The highest BCUT2D eigenvalue weighted by molar-refractivity contribution is 4.84. The van der Waals surface area contributed by atoms with Gasteiger partial charge in [-0.05, 0) is 45.2 Å². The third-order valence-electron chi connectivity index (χ3n) is 2.72. The molecule has 0 amide bonds. The molecule has 0 heterocycles. The molecule has 13 heavy (non-hydrogen) atoms. The zero-order valence-corrected chi connectivity index (χ0v) is 8.84. The maximum Gasteiger partial charge on any atom is 0.0431 e. The Balaban J connectivity index is 2.06. The van der Waals surface area contributed by atoms with Gasteiger partial charge in [-0.3, -0.25) is 0 Å². The van der Waals surface area contributed by atoms with Crippen molar-refractivity contribution < 1.29 is 5.11 Å². The first-order chi connectivity index (χ1) is 6.38. The van der Waals surface area contributed by atoms with Gasteiger partial charge >= 0.3 is 0 Å². The summed E-state index contributed by atoms with van der Waals surface area (Å²) >= 11 is 0. The molecule has 0 saturated heterocycles. The van der Waals surface area contributed by atoms with Crippen molar-refractivity contribution in [2.75, 3.05) is 19.7 Å². The Labute approximate surface area is 81.9 Å². The zero-order valence-electron chi connectivity index (χ0n) is 8.84. The first kappa shape index (κ1) is 11.0. The molecule has 78 valence electrons. The second kappa shape index (κ2) is 6.39. The molecular weight excluding hydrogens is 162 g/mol. The summed E-state index contributed by atoms with van der Waals surface area (Å²) in [5.74, 6) is 0. The molecule has 0 aliphatic heterocycles. The molecule has 1 rings (SSSR count). The van der Waals surface area contributed by atoms with E-state index >= 15 is 0 Å². The van der Waals surface area contributed by atoms with Crippen LogP contribution in [0.3, 0.4) is 0 Å². The van der Waals surface area contributed by atoms with Crippen LogP contribution in [-0.4, -0.2) is 35.7 Å². The van der Waals surface area contributed by atoms with E-state index in [0.717, 1.165) is 18.9 Å². The lowest BCUT2D eigenvalue weighted by Crippen LogP contribution is -2.28. The van der Waals surface area contributed by atoms with Gasteiger partial charge in [0, 0.05) is 12.6 Å². The highest BCUT2D eigenvalue weighted by Gasteiger charge is 2.27. The highest BCUT2D eigenvalue weighted by atomic mass is 16.2. The van der Waals surface area contributed by atoms with Crippen LogP contribution in [0, 0.1) is 0 Å². The second-order valence-electron chi connectivity index (χ2n) is 4.05. The average Bonchev–Trinajstić information content (AvgIpc) is 2.94. The van der Waals surface area contributed by atoms with Crippen LogP contribution < -0.4 is 0 Å². The molecule has 2 heteroatoms. The number of rotatable bonds is 8. The number of unbranched alkanes of at least 4 members (excludes halogenated alkanes) is 2. The monoisotopic (exact) mass is 185 g/mol. The Morgan fingerprint density at radius 3 is 2.38 bits per heavy atom. The van der Waals surface area contributed by atoms with Crippen molar-refractivity contribution >= 4 is 0 Å². The number of nitrogens with zero attached hydrogens (tertiary/aromatic N) is 1. The van der Waals surface area contributed by atoms with Crippen molar-refractivity contribution in [3.8, 4) is 0 Å². The van der Waals surface area contributed by atoms with Crippen molar-refractivity contribution in [2.24, 2.45) is 0 Å². The van der Waals surface area contributed by atoms with Gasteiger partial charge in [0.15, 0.2) is 0 Å². The van der Waals surface area contributed by atoms with Crippen LogP contribution in [0.5, 0.6) is 0 Å². The van der Waals surface area contributed by atoms with Crippen molar-refractivity contribution in [1.82, 2.24) is 4.90 Å².